The Morgan fingerprint density at radius 2 is 1.75 bits per heavy atom. The lowest BCUT2D eigenvalue weighted by molar-refractivity contribution is 0.621. The Bertz CT molecular complexity index is 1310. The summed E-state index contributed by atoms with van der Waals surface area (Å²) in [7, 11) is 0. The van der Waals surface area contributed by atoms with Crippen LogP contribution in [0.5, 0.6) is 0 Å². The number of benzene rings is 3. The molecule has 6 heteroatoms. The molecule has 1 N–H and O–H groups in total. The quantitative estimate of drug-likeness (QED) is 0.581. The molecule has 0 saturated heterocycles. The van der Waals surface area contributed by atoms with E-state index in [1.165, 1.54) is 18.2 Å². The number of hydrogen-bond donors (Lipinski definition) is 1. The Balaban J connectivity index is 1.77. The molecule has 1 aromatic heterocycles. The number of nitrogens with one attached hydrogen (secondary N) is 1. The Morgan fingerprint density at radius 3 is 2.50 bits per heavy atom. The first-order valence-electron chi connectivity index (χ1n) is 8.51. The van der Waals surface area contributed by atoms with Crippen molar-refractivity contribution in [1.82, 2.24) is 10.2 Å². The molecule has 0 amide bonds. The summed E-state index contributed by atoms with van der Waals surface area (Å²) in [5, 5.41) is 16.7. The van der Waals surface area contributed by atoms with Gasteiger partial charge in [0.1, 0.15) is 17.7 Å². The predicted octanol–water partition coefficient (Wildman–Crippen LogP) is 4.33. The van der Waals surface area contributed by atoms with Crippen LogP contribution >= 0.6 is 0 Å². The highest BCUT2D eigenvalue weighted by Gasteiger charge is 2.12. The fraction of sp³-hybridized carbons (Fsp3) is 0.0455. The molecule has 0 saturated carbocycles. The van der Waals surface area contributed by atoms with Gasteiger partial charge in [0.15, 0.2) is 0 Å². The van der Waals surface area contributed by atoms with Crippen LogP contribution in [-0.2, 0) is 6.42 Å². The Kier molecular flexibility index (Phi) is 4.42. The molecule has 0 radical (unpaired) electrons. The fourth-order valence-corrected chi connectivity index (χ4v) is 3.18. The maximum atomic E-state index is 14.4. The molecule has 0 atom stereocenters. The second kappa shape index (κ2) is 7.05. The van der Waals surface area contributed by atoms with Crippen molar-refractivity contribution in [3.05, 3.63) is 99.5 Å². The number of aromatic amines is 1. The molecule has 28 heavy (non-hydrogen) atoms. The van der Waals surface area contributed by atoms with Gasteiger partial charge in [-0.25, -0.2) is 13.9 Å². The van der Waals surface area contributed by atoms with Gasteiger partial charge in [-0.3, -0.25) is 4.79 Å². The van der Waals surface area contributed by atoms with Crippen molar-refractivity contribution in [1.29, 1.82) is 5.26 Å². The lowest BCUT2D eigenvalue weighted by Crippen LogP contribution is -2.11. The van der Waals surface area contributed by atoms with Gasteiger partial charge in [0.25, 0.3) is 5.56 Å². The third-order valence-electron chi connectivity index (χ3n) is 4.58. The van der Waals surface area contributed by atoms with Gasteiger partial charge in [-0.05, 0) is 41.5 Å². The molecule has 136 valence electrons. The molecule has 4 nitrogen and oxygen atoms in total. The lowest BCUT2D eigenvalue weighted by Gasteiger charge is -2.09. The van der Waals surface area contributed by atoms with Crippen molar-refractivity contribution >= 4 is 10.8 Å². The van der Waals surface area contributed by atoms with Crippen molar-refractivity contribution < 1.29 is 8.78 Å². The number of aromatic nitrogens is 2. The number of nitrogens with zero attached hydrogens (tertiary/aromatic N) is 2. The molecule has 3 aromatic carbocycles. The van der Waals surface area contributed by atoms with E-state index in [1.807, 2.05) is 12.1 Å². The standard InChI is InChI=1S/C22H13F2N3O/c23-19-8-5-13(9-18(19)14-6-7-15(12-25)20(24)11-14)10-21-16-3-1-2-4-17(16)22(28)27-26-21/h1-9,11H,10H2,(H,27,28). The number of fused-ring (bicyclic) bond motifs is 1. The Hall–Kier alpha value is -3.85. The van der Waals surface area contributed by atoms with E-state index in [0.29, 0.717) is 23.1 Å². The Labute approximate surface area is 158 Å². The molecular formula is C22H13F2N3O. The highest BCUT2D eigenvalue weighted by molar-refractivity contribution is 5.83. The minimum Gasteiger partial charge on any atom is -0.267 e. The second-order valence-electron chi connectivity index (χ2n) is 6.34. The van der Waals surface area contributed by atoms with Crippen molar-refractivity contribution in [3.63, 3.8) is 0 Å². The van der Waals surface area contributed by atoms with Gasteiger partial charge in [-0.1, -0.05) is 30.3 Å². The minimum atomic E-state index is -0.696. The first kappa shape index (κ1) is 17.6. The van der Waals surface area contributed by atoms with E-state index >= 15 is 0 Å². The van der Waals surface area contributed by atoms with Crippen LogP contribution in [-0.4, -0.2) is 10.2 Å². The van der Waals surface area contributed by atoms with Gasteiger partial charge in [-0.2, -0.15) is 10.4 Å². The fourth-order valence-electron chi connectivity index (χ4n) is 3.18. The summed E-state index contributed by atoms with van der Waals surface area (Å²) in [5.41, 5.74) is 1.62. The number of hydrogen-bond acceptors (Lipinski definition) is 3. The topological polar surface area (TPSA) is 69.5 Å². The van der Waals surface area contributed by atoms with Crippen molar-refractivity contribution in [2.24, 2.45) is 0 Å². The van der Waals surface area contributed by atoms with Crippen molar-refractivity contribution in [2.75, 3.05) is 0 Å². The number of nitriles is 1. The monoisotopic (exact) mass is 373 g/mol. The summed E-state index contributed by atoms with van der Waals surface area (Å²) in [4.78, 5) is 11.9. The molecule has 0 aliphatic rings. The predicted molar refractivity (Wildman–Crippen MR) is 102 cm³/mol. The van der Waals surface area contributed by atoms with E-state index in [0.717, 1.165) is 17.0 Å². The molecule has 0 spiro atoms. The first-order valence-corrected chi connectivity index (χ1v) is 8.51. The smallest absolute Gasteiger partial charge is 0.267 e. The maximum absolute atomic E-state index is 14.4. The molecule has 0 unspecified atom stereocenters. The number of rotatable bonds is 3. The van der Waals surface area contributed by atoms with Gasteiger partial charge in [0.2, 0.25) is 0 Å². The molecule has 0 bridgehead atoms. The van der Waals surface area contributed by atoms with E-state index in [9.17, 15) is 13.6 Å². The summed E-state index contributed by atoms with van der Waals surface area (Å²) in [6, 6.07) is 17.4. The summed E-state index contributed by atoms with van der Waals surface area (Å²) in [6.07, 6.45) is 0.364. The van der Waals surface area contributed by atoms with Gasteiger partial charge in [0.05, 0.1) is 16.6 Å². The first-order chi connectivity index (χ1) is 13.6. The van der Waals surface area contributed by atoms with Crippen LogP contribution in [0.2, 0.25) is 0 Å². The molecule has 0 aliphatic heterocycles. The van der Waals surface area contributed by atoms with Gasteiger partial charge in [0, 0.05) is 17.4 Å². The van der Waals surface area contributed by atoms with Gasteiger partial charge < -0.3 is 0 Å². The highest BCUT2D eigenvalue weighted by Crippen LogP contribution is 2.27. The zero-order valence-electron chi connectivity index (χ0n) is 14.5. The average Bonchev–Trinajstić information content (AvgIpc) is 2.71. The Morgan fingerprint density at radius 1 is 0.964 bits per heavy atom. The number of halogens is 2. The van der Waals surface area contributed by atoms with E-state index in [-0.39, 0.29) is 16.7 Å². The number of H-pyrrole nitrogens is 1. The van der Waals surface area contributed by atoms with Crippen LogP contribution in [0.1, 0.15) is 16.8 Å². The highest BCUT2D eigenvalue weighted by atomic mass is 19.1. The van der Waals surface area contributed by atoms with Crippen molar-refractivity contribution in [3.8, 4) is 17.2 Å². The van der Waals surface area contributed by atoms with E-state index in [4.69, 9.17) is 5.26 Å². The summed E-state index contributed by atoms with van der Waals surface area (Å²) < 4.78 is 28.3. The van der Waals surface area contributed by atoms with E-state index in [1.54, 1.807) is 30.3 Å². The third-order valence-corrected chi connectivity index (χ3v) is 4.58. The minimum absolute atomic E-state index is 0.0933. The largest absolute Gasteiger partial charge is 0.272 e. The van der Waals surface area contributed by atoms with Crippen LogP contribution in [0.15, 0.2) is 65.5 Å². The SMILES string of the molecule is N#Cc1ccc(-c2cc(Cc3n[nH]c(=O)c4ccccc34)ccc2F)cc1F. The van der Waals surface area contributed by atoms with Crippen LogP contribution < -0.4 is 5.56 Å². The second-order valence-corrected chi connectivity index (χ2v) is 6.34. The van der Waals surface area contributed by atoms with Crippen LogP contribution in [0.4, 0.5) is 8.78 Å². The van der Waals surface area contributed by atoms with Crippen molar-refractivity contribution in [2.45, 2.75) is 6.42 Å². The molecule has 0 aliphatic carbocycles. The third kappa shape index (κ3) is 3.14. The van der Waals surface area contributed by atoms with E-state index < -0.39 is 11.6 Å². The molecule has 0 fully saturated rings. The van der Waals surface area contributed by atoms with Crippen LogP contribution in [0.25, 0.3) is 21.9 Å². The lowest BCUT2D eigenvalue weighted by atomic mass is 9.98. The zero-order valence-corrected chi connectivity index (χ0v) is 14.5. The van der Waals surface area contributed by atoms with Gasteiger partial charge >= 0.3 is 0 Å². The van der Waals surface area contributed by atoms with Gasteiger partial charge in [-0.15, -0.1) is 0 Å². The summed E-state index contributed by atoms with van der Waals surface area (Å²) in [6.45, 7) is 0. The average molecular weight is 373 g/mol. The molecule has 1 heterocycles. The zero-order chi connectivity index (χ0) is 19.7. The normalized spacial score (nSPS) is 10.8. The molecular weight excluding hydrogens is 360 g/mol. The molecule has 4 aromatic rings. The van der Waals surface area contributed by atoms with Crippen LogP contribution in [0, 0.1) is 23.0 Å². The molecule has 4 rings (SSSR count). The van der Waals surface area contributed by atoms with Crippen LogP contribution in [0.3, 0.4) is 0 Å². The maximum Gasteiger partial charge on any atom is 0.272 e. The van der Waals surface area contributed by atoms with E-state index in [2.05, 4.69) is 10.2 Å². The summed E-state index contributed by atoms with van der Waals surface area (Å²) in [5.74, 6) is -1.19. The summed E-state index contributed by atoms with van der Waals surface area (Å²) >= 11 is 0.